The average molecular weight is 333 g/mol. The minimum absolute atomic E-state index is 0.180. The first-order chi connectivity index (χ1) is 10.9. The Morgan fingerprint density at radius 2 is 1.74 bits per heavy atom. The zero-order chi connectivity index (χ0) is 17.0. The summed E-state index contributed by atoms with van der Waals surface area (Å²) in [6.45, 7) is 3.26. The summed E-state index contributed by atoms with van der Waals surface area (Å²) >= 11 is 6.09. The lowest BCUT2D eigenvalue weighted by molar-refractivity contribution is -0.114. The summed E-state index contributed by atoms with van der Waals surface area (Å²) in [6.07, 6.45) is 0. The van der Waals surface area contributed by atoms with E-state index in [0.717, 1.165) is 5.56 Å². The predicted octanol–water partition coefficient (Wildman–Crippen LogP) is 3.87. The molecule has 0 unspecified atom stereocenters. The highest BCUT2D eigenvalue weighted by atomic mass is 35.5. The summed E-state index contributed by atoms with van der Waals surface area (Å²) in [7, 11) is 1.50. The van der Waals surface area contributed by atoms with E-state index in [1.165, 1.54) is 14.0 Å². The molecule has 0 aliphatic carbocycles. The van der Waals surface area contributed by atoms with Gasteiger partial charge >= 0.3 is 0 Å². The number of rotatable bonds is 4. The molecule has 2 rings (SSSR count). The van der Waals surface area contributed by atoms with Crippen molar-refractivity contribution in [1.82, 2.24) is 0 Å². The van der Waals surface area contributed by atoms with Crippen molar-refractivity contribution < 1.29 is 14.3 Å². The molecule has 0 saturated carbocycles. The number of carbonyl (C=O) groups is 2. The van der Waals surface area contributed by atoms with E-state index in [1.807, 2.05) is 6.92 Å². The summed E-state index contributed by atoms with van der Waals surface area (Å²) < 4.78 is 5.24. The average Bonchev–Trinajstić information content (AvgIpc) is 2.49. The zero-order valence-electron chi connectivity index (χ0n) is 13.1. The molecule has 0 bridgehead atoms. The van der Waals surface area contributed by atoms with E-state index in [-0.39, 0.29) is 11.8 Å². The van der Waals surface area contributed by atoms with Gasteiger partial charge in [0.2, 0.25) is 5.91 Å². The van der Waals surface area contributed by atoms with Gasteiger partial charge in [-0.2, -0.15) is 0 Å². The number of hydrogen-bond donors (Lipinski definition) is 2. The highest BCUT2D eigenvalue weighted by Crippen LogP contribution is 2.27. The molecule has 0 heterocycles. The molecule has 0 aliphatic heterocycles. The molecule has 0 fully saturated rings. The van der Waals surface area contributed by atoms with Crippen LogP contribution in [0.2, 0.25) is 5.02 Å². The van der Waals surface area contributed by atoms with Crippen LogP contribution in [0.15, 0.2) is 36.4 Å². The van der Waals surface area contributed by atoms with Crippen molar-refractivity contribution in [3.05, 3.63) is 52.5 Å². The van der Waals surface area contributed by atoms with Crippen LogP contribution in [0, 0.1) is 6.92 Å². The normalized spacial score (nSPS) is 10.1. The van der Waals surface area contributed by atoms with Crippen molar-refractivity contribution in [2.45, 2.75) is 13.8 Å². The van der Waals surface area contributed by atoms with E-state index < -0.39 is 0 Å². The molecule has 0 radical (unpaired) electrons. The van der Waals surface area contributed by atoms with Crippen LogP contribution in [0.25, 0.3) is 0 Å². The Hall–Kier alpha value is -2.53. The number of aryl methyl sites for hydroxylation is 1. The highest BCUT2D eigenvalue weighted by Gasteiger charge is 2.15. The van der Waals surface area contributed by atoms with Gasteiger partial charge in [0.15, 0.2) is 0 Å². The summed E-state index contributed by atoms with van der Waals surface area (Å²) in [5.74, 6) is -0.0772. The van der Waals surface area contributed by atoms with Crippen LogP contribution in [0.3, 0.4) is 0 Å². The van der Waals surface area contributed by atoms with Crippen molar-refractivity contribution in [1.29, 1.82) is 0 Å². The Morgan fingerprint density at radius 3 is 2.35 bits per heavy atom. The van der Waals surface area contributed by atoms with Crippen molar-refractivity contribution in [2.24, 2.45) is 0 Å². The maximum Gasteiger partial charge on any atom is 0.259 e. The molecule has 2 aromatic carbocycles. The minimum atomic E-state index is -0.344. The fourth-order valence-corrected chi connectivity index (χ4v) is 2.24. The largest absolute Gasteiger partial charge is 0.496 e. The molecule has 0 atom stereocenters. The van der Waals surface area contributed by atoms with Crippen molar-refractivity contribution >= 4 is 34.8 Å². The SMILES string of the molecule is COc1cc(C)c(Cl)cc1C(=O)Nc1cccc(NC(C)=O)c1. The summed E-state index contributed by atoms with van der Waals surface area (Å²) in [5.41, 5.74) is 2.32. The molecule has 5 nitrogen and oxygen atoms in total. The van der Waals surface area contributed by atoms with E-state index >= 15 is 0 Å². The van der Waals surface area contributed by atoms with Crippen LogP contribution in [0.1, 0.15) is 22.8 Å². The first kappa shape index (κ1) is 16.8. The van der Waals surface area contributed by atoms with Crippen molar-refractivity contribution in [3.63, 3.8) is 0 Å². The van der Waals surface area contributed by atoms with Gasteiger partial charge in [0.05, 0.1) is 12.7 Å². The van der Waals surface area contributed by atoms with E-state index in [0.29, 0.717) is 27.7 Å². The fourth-order valence-electron chi connectivity index (χ4n) is 2.08. The van der Waals surface area contributed by atoms with E-state index in [9.17, 15) is 9.59 Å². The second-order valence-corrected chi connectivity index (χ2v) is 5.42. The quantitative estimate of drug-likeness (QED) is 0.893. The smallest absolute Gasteiger partial charge is 0.259 e. The molecular weight excluding hydrogens is 316 g/mol. The van der Waals surface area contributed by atoms with Gasteiger partial charge in [-0.05, 0) is 42.8 Å². The molecule has 120 valence electrons. The molecule has 2 N–H and O–H groups in total. The molecule has 6 heteroatoms. The summed E-state index contributed by atoms with van der Waals surface area (Å²) in [5, 5.41) is 5.91. The molecule has 0 saturated heterocycles. The summed E-state index contributed by atoms with van der Waals surface area (Å²) in [6, 6.07) is 10.2. The Kier molecular flexibility index (Phi) is 5.24. The molecule has 23 heavy (non-hydrogen) atoms. The molecule has 2 amide bonds. The second kappa shape index (κ2) is 7.15. The Labute approximate surface area is 139 Å². The van der Waals surface area contributed by atoms with Crippen molar-refractivity contribution in [2.75, 3.05) is 17.7 Å². The van der Waals surface area contributed by atoms with E-state index in [1.54, 1.807) is 36.4 Å². The Morgan fingerprint density at radius 1 is 1.09 bits per heavy atom. The van der Waals surface area contributed by atoms with Gasteiger partial charge in [-0.15, -0.1) is 0 Å². The lowest BCUT2D eigenvalue weighted by atomic mass is 10.1. The number of nitrogens with one attached hydrogen (secondary N) is 2. The number of hydrogen-bond acceptors (Lipinski definition) is 3. The van der Waals surface area contributed by atoms with Gasteiger partial charge in [-0.1, -0.05) is 17.7 Å². The van der Waals surface area contributed by atoms with Crippen LogP contribution in [-0.2, 0) is 4.79 Å². The first-order valence-corrected chi connectivity index (χ1v) is 7.31. The van der Waals surface area contributed by atoms with Crippen LogP contribution in [0.4, 0.5) is 11.4 Å². The number of benzene rings is 2. The number of halogens is 1. The maximum atomic E-state index is 12.5. The van der Waals surface area contributed by atoms with Crippen molar-refractivity contribution in [3.8, 4) is 5.75 Å². The van der Waals surface area contributed by atoms with Gasteiger partial charge < -0.3 is 15.4 Å². The number of carbonyl (C=O) groups excluding carboxylic acids is 2. The van der Waals surface area contributed by atoms with E-state index in [4.69, 9.17) is 16.3 Å². The fraction of sp³-hybridized carbons (Fsp3) is 0.176. The minimum Gasteiger partial charge on any atom is -0.496 e. The lowest BCUT2D eigenvalue weighted by Gasteiger charge is -2.12. The number of anilines is 2. The van der Waals surface area contributed by atoms with Crippen LogP contribution < -0.4 is 15.4 Å². The first-order valence-electron chi connectivity index (χ1n) is 6.94. The molecule has 0 aromatic heterocycles. The van der Waals surface area contributed by atoms with E-state index in [2.05, 4.69) is 10.6 Å². The third-order valence-corrected chi connectivity index (χ3v) is 3.57. The Balaban J connectivity index is 2.26. The van der Waals surface area contributed by atoms with Gasteiger partial charge in [-0.25, -0.2) is 0 Å². The monoisotopic (exact) mass is 332 g/mol. The van der Waals surface area contributed by atoms with Crippen LogP contribution in [-0.4, -0.2) is 18.9 Å². The molecule has 0 aliphatic rings. The number of amides is 2. The van der Waals surface area contributed by atoms with Gasteiger partial charge in [-0.3, -0.25) is 9.59 Å². The lowest BCUT2D eigenvalue weighted by Crippen LogP contribution is -2.14. The summed E-state index contributed by atoms with van der Waals surface area (Å²) in [4.78, 5) is 23.5. The predicted molar refractivity (Wildman–Crippen MR) is 91.4 cm³/mol. The molecule has 0 spiro atoms. The molecule has 2 aromatic rings. The third-order valence-electron chi connectivity index (χ3n) is 3.17. The number of methoxy groups -OCH3 is 1. The maximum absolute atomic E-state index is 12.5. The number of ether oxygens (including phenoxy) is 1. The standard InChI is InChI=1S/C17H17ClN2O3/c1-10-7-16(23-3)14(9-15(10)18)17(22)20-13-6-4-5-12(8-13)19-11(2)21/h4-9H,1-3H3,(H,19,21)(H,20,22). The van der Waals surface area contributed by atoms with Crippen LogP contribution in [0.5, 0.6) is 5.75 Å². The zero-order valence-corrected chi connectivity index (χ0v) is 13.8. The topological polar surface area (TPSA) is 67.4 Å². The third kappa shape index (κ3) is 4.23. The van der Waals surface area contributed by atoms with Gasteiger partial charge in [0, 0.05) is 23.3 Å². The van der Waals surface area contributed by atoms with Gasteiger partial charge in [0.1, 0.15) is 5.75 Å². The molecular formula is C17H17ClN2O3. The highest BCUT2D eigenvalue weighted by molar-refractivity contribution is 6.32. The van der Waals surface area contributed by atoms with Crippen LogP contribution >= 0.6 is 11.6 Å². The van der Waals surface area contributed by atoms with Gasteiger partial charge in [0.25, 0.3) is 5.91 Å². The second-order valence-electron chi connectivity index (χ2n) is 5.02. The Bertz CT molecular complexity index is 759.